The molecule has 0 saturated heterocycles. The van der Waals surface area contributed by atoms with E-state index in [0.29, 0.717) is 22.8 Å². The Balaban J connectivity index is 1.58. The number of carbonyl (C=O) groups excluding carboxylic acids is 2. The van der Waals surface area contributed by atoms with E-state index in [0.717, 1.165) is 17.3 Å². The number of hydrogen-bond acceptors (Lipinski definition) is 6. The van der Waals surface area contributed by atoms with Gasteiger partial charge in [-0.25, -0.2) is 4.39 Å². The smallest absolute Gasteiger partial charge is 0.272 e. The molecule has 1 heterocycles. The van der Waals surface area contributed by atoms with Crippen molar-refractivity contribution in [1.29, 1.82) is 0 Å². The molecule has 9 heteroatoms. The average Bonchev–Trinajstić information content (AvgIpc) is 3.12. The summed E-state index contributed by atoms with van der Waals surface area (Å²) in [6.07, 6.45) is 2.76. The minimum atomic E-state index is -0.758. The first-order chi connectivity index (χ1) is 15.4. The van der Waals surface area contributed by atoms with Crippen molar-refractivity contribution in [3.05, 3.63) is 82.5 Å². The second kappa shape index (κ2) is 10.3. The molecule has 0 aliphatic carbocycles. The number of hydrazine groups is 1. The van der Waals surface area contributed by atoms with E-state index in [1.165, 1.54) is 37.5 Å². The molecule has 2 aromatic carbocycles. The number of hydrogen-bond donors (Lipinski definition) is 2. The van der Waals surface area contributed by atoms with Gasteiger partial charge in [0.25, 0.3) is 11.8 Å². The lowest BCUT2D eigenvalue weighted by Crippen LogP contribution is -2.41. The zero-order valence-electron chi connectivity index (χ0n) is 17.8. The molecular formula is C23H22FN3O5. The predicted molar refractivity (Wildman–Crippen MR) is 114 cm³/mol. The summed E-state index contributed by atoms with van der Waals surface area (Å²) >= 11 is 0. The third-order valence-electron chi connectivity index (χ3n) is 4.59. The van der Waals surface area contributed by atoms with Crippen LogP contribution in [-0.4, -0.2) is 24.1 Å². The molecule has 0 aliphatic heterocycles. The second-order valence-corrected chi connectivity index (χ2v) is 6.76. The summed E-state index contributed by atoms with van der Waals surface area (Å²) in [7, 11) is 1.51. The number of carbonyl (C=O) groups is 2. The molecule has 2 N–H and O–H groups in total. The van der Waals surface area contributed by atoms with Crippen molar-refractivity contribution in [2.24, 2.45) is 0 Å². The SMILES string of the molecule is COc1cc(/C=C/C(=O)NNC(=O)c2ccccc2F)ccc1OCc1c(C)noc1C. The van der Waals surface area contributed by atoms with Gasteiger partial charge in [-0.2, -0.15) is 0 Å². The second-order valence-electron chi connectivity index (χ2n) is 6.76. The van der Waals surface area contributed by atoms with Crippen LogP contribution >= 0.6 is 0 Å². The van der Waals surface area contributed by atoms with Crippen LogP contribution in [0.5, 0.6) is 11.5 Å². The molecule has 0 aliphatic rings. The lowest BCUT2D eigenvalue weighted by molar-refractivity contribution is -0.117. The standard InChI is InChI=1S/C23H22FN3O5/c1-14-18(15(2)32-27-14)13-31-20-10-8-16(12-21(20)30-3)9-11-22(28)25-26-23(29)17-6-4-5-7-19(17)24/h4-12H,13H2,1-3H3,(H,25,28)(H,26,29)/b11-9+. The Morgan fingerprint density at radius 2 is 1.91 bits per heavy atom. The molecule has 3 aromatic rings. The van der Waals surface area contributed by atoms with Crippen LogP contribution in [0.3, 0.4) is 0 Å². The normalized spacial score (nSPS) is 10.8. The maximum atomic E-state index is 13.6. The van der Waals surface area contributed by atoms with Crippen LogP contribution in [0.2, 0.25) is 0 Å². The molecule has 0 radical (unpaired) electrons. The molecule has 0 atom stereocenters. The highest BCUT2D eigenvalue weighted by Crippen LogP contribution is 2.30. The zero-order chi connectivity index (χ0) is 23.1. The fourth-order valence-corrected chi connectivity index (χ4v) is 2.81. The highest BCUT2D eigenvalue weighted by atomic mass is 19.1. The van der Waals surface area contributed by atoms with Crippen LogP contribution in [0, 0.1) is 19.7 Å². The molecule has 3 rings (SSSR count). The van der Waals surface area contributed by atoms with Gasteiger partial charge in [0.15, 0.2) is 11.5 Å². The maximum absolute atomic E-state index is 13.6. The summed E-state index contributed by atoms with van der Waals surface area (Å²) < 4.78 is 29.9. The fourth-order valence-electron chi connectivity index (χ4n) is 2.81. The Hall–Kier alpha value is -4.14. The first kappa shape index (κ1) is 22.5. The van der Waals surface area contributed by atoms with Gasteiger partial charge in [-0.05, 0) is 49.8 Å². The summed E-state index contributed by atoms with van der Waals surface area (Å²) in [5.74, 6) is -0.343. The monoisotopic (exact) mass is 439 g/mol. The molecule has 2 amide bonds. The lowest BCUT2D eigenvalue weighted by atomic mass is 10.2. The number of aryl methyl sites for hydroxylation is 2. The number of amides is 2. The number of nitrogens with zero attached hydrogens (tertiary/aromatic N) is 1. The number of aromatic nitrogens is 1. The van der Waals surface area contributed by atoms with Crippen LogP contribution in [0.1, 0.15) is 32.9 Å². The van der Waals surface area contributed by atoms with Gasteiger partial charge in [0.1, 0.15) is 18.2 Å². The van der Waals surface area contributed by atoms with E-state index in [9.17, 15) is 14.0 Å². The number of ether oxygens (including phenoxy) is 2. The Kier molecular flexibility index (Phi) is 7.22. The van der Waals surface area contributed by atoms with Crippen molar-refractivity contribution >= 4 is 17.9 Å². The van der Waals surface area contributed by atoms with Crippen molar-refractivity contribution in [1.82, 2.24) is 16.0 Å². The largest absolute Gasteiger partial charge is 0.493 e. The Bertz CT molecular complexity index is 1140. The van der Waals surface area contributed by atoms with E-state index in [4.69, 9.17) is 14.0 Å². The van der Waals surface area contributed by atoms with Crippen molar-refractivity contribution in [2.75, 3.05) is 7.11 Å². The van der Waals surface area contributed by atoms with Crippen molar-refractivity contribution in [3.8, 4) is 11.5 Å². The summed E-state index contributed by atoms with van der Waals surface area (Å²) in [4.78, 5) is 23.9. The minimum Gasteiger partial charge on any atom is -0.493 e. The van der Waals surface area contributed by atoms with Gasteiger partial charge in [-0.1, -0.05) is 23.4 Å². The van der Waals surface area contributed by atoms with Crippen molar-refractivity contribution in [3.63, 3.8) is 0 Å². The molecule has 1 aromatic heterocycles. The number of benzene rings is 2. The van der Waals surface area contributed by atoms with Crippen LogP contribution in [-0.2, 0) is 11.4 Å². The average molecular weight is 439 g/mol. The van der Waals surface area contributed by atoms with Crippen molar-refractivity contribution in [2.45, 2.75) is 20.5 Å². The summed E-state index contributed by atoms with van der Waals surface area (Å²) in [5.41, 5.74) is 6.48. The number of halogens is 1. The van der Waals surface area contributed by atoms with E-state index < -0.39 is 17.6 Å². The molecular weight excluding hydrogens is 417 g/mol. The van der Waals surface area contributed by atoms with E-state index >= 15 is 0 Å². The highest BCUT2D eigenvalue weighted by Gasteiger charge is 2.13. The molecule has 0 bridgehead atoms. The van der Waals surface area contributed by atoms with Gasteiger partial charge in [0.05, 0.1) is 23.9 Å². The van der Waals surface area contributed by atoms with Gasteiger partial charge in [0, 0.05) is 6.08 Å². The topological polar surface area (TPSA) is 103 Å². The quantitative estimate of drug-likeness (QED) is 0.432. The molecule has 0 unspecified atom stereocenters. The maximum Gasteiger partial charge on any atom is 0.272 e. The summed E-state index contributed by atoms with van der Waals surface area (Å²) in [6, 6.07) is 10.6. The molecule has 0 spiro atoms. The van der Waals surface area contributed by atoms with Gasteiger partial charge < -0.3 is 14.0 Å². The zero-order valence-corrected chi connectivity index (χ0v) is 17.8. The van der Waals surface area contributed by atoms with Crippen LogP contribution in [0.15, 0.2) is 53.1 Å². The van der Waals surface area contributed by atoms with Crippen molar-refractivity contribution < 1.29 is 28.0 Å². The number of methoxy groups -OCH3 is 1. The molecule has 0 fully saturated rings. The number of rotatable bonds is 7. The van der Waals surface area contributed by atoms with E-state index in [2.05, 4.69) is 16.0 Å². The van der Waals surface area contributed by atoms with Crippen LogP contribution in [0.4, 0.5) is 4.39 Å². The predicted octanol–water partition coefficient (Wildman–Crippen LogP) is 3.49. The first-order valence-corrected chi connectivity index (χ1v) is 9.64. The van der Waals surface area contributed by atoms with Gasteiger partial charge in [-0.3, -0.25) is 20.4 Å². The van der Waals surface area contributed by atoms with Gasteiger partial charge >= 0.3 is 0 Å². The van der Waals surface area contributed by atoms with E-state index in [1.54, 1.807) is 18.2 Å². The van der Waals surface area contributed by atoms with Gasteiger partial charge in [-0.15, -0.1) is 0 Å². The Labute approximate surface area is 184 Å². The van der Waals surface area contributed by atoms with E-state index in [1.807, 2.05) is 13.8 Å². The minimum absolute atomic E-state index is 0.173. The highest BCUT2D eigenvalue weighted by molar-refractivity contribution is 5.98. The summed E-state index contributed by atoms with van der Waals surface area (Å²) in [6.45, 7) is 3.93. The Morgan fingerprint density at radius 3 is 2.59 bits per heavy atom. The first-order valence-electron chi connectivity index (χ1n) is 9.64. The van der Waals surface area contributed by atoms with Crippen LogP contribution in [0.25, 0.3) is 6.08 Å². The van der Waals surface area contributed by atoms with Gasteiger partial charge in [0.2, 0.25) is 0 Å². The third kappa shape index (κ3) is 5.51. The van der Waals surface area contributed by atoms with Crippen LogP contribution < -0.4 is 20.3 Å². The number of nitrogens with one attached hydrogen (secondary N) is 2. The molecule has 8 nitrogen and oxygen atoms in total. The summed E-state index contributed by atoms with van der Waals surface area (Å²) in [5, 5.41) is 3.90. The molecule has 32 heavy (non-hydrogen) atoms. The molecule has 166 valence electrons. The fraction of sp³-hybridized carbons (Fsp3) is 0.174. The van der Waals surface area contributed by atoms with E-state index in [-0.39, 0.29) is 12.2 Å². The third-order valence-corrected chi connectivity index (χ3v) is 4.59. The molecule has 0 saturated carbocycles. The lowest BCUT2D eigenvalue weighted by Gasteiger charge is -2.11. The Morgan fingerprint density at radius 1 is 1.12 bits per heavy atom.